The van der Waals surface area contributed by atoms with Gasteiger partial charge in [-0.1, -0.05) is 13.0 Å². The number of hydrogen-bond donors (Lipinski definition) is 0. The molecule has 2 heterocycles. The van der Waals surface area contributed by atoms with Crippen molar-refractivity contribution in [3.8, 4) is 0 Å². The van der Waals surface area contributed by atoms with Gasteiger partial charge in [-0.05, 0) is 63.3 Å². The molecule has 0 N–H and O–H groups in total. The lowest BCUT2D eigenvalue weighted by atomic mass is 9.79. The summed E-state index contributed by atoms with van der Waals surface area (Å²) in [5.74, 6) is 0.540. The molecule has 5 heteroatoms. The summed E-state index contributed by atoms with van der Waals surface area (Å²) in [6, 6.07) is 7.11. The van der Waals surface area contributed by atoms with Gasteiger partial charge in [0.15, 0.2) is 0 Å². The number of anilines is 1. The van der Waals surface area contributed by atoms with Crippen LogP contribution >= 0.6 is 0 Å². The van der Waals surface area contributed by atoms with Gasteiger partial charge in [-0.2, -0.15) is 5.10 Å². The zero-order valence-corrected chi connectivity index (χ0v) is 14.6. The fourth-order valence-corrected chi connectivity index (χ4v) is 3.92. The van der Waals surface area contributed by atoms with Gasteiger partial charge in [-0.25, -0.2) is 4.68 Å². The van der Waals surface area contributed by atoms with Gasteiger partial charge < -0.3 is 4.90 Å². The van der Waals surface area contributed by atoms with Crippen LogP contribution in [0.3, 0.4) is 0 Å². The first kappa shape index (κ1) is 15.7. The van der Waals surface area contributed by atoms with Crippen molar-refractivity contribution in [1.82, 2.24) is 14.9 Å². The van der Waals surface area contributed by atoms with E-state index in [9.17, 15) is 0 Å². The Balaban J connectivity index is 1.97. The first-order valence-corrected chi connectivity index (χ1v) is 8.21. The van der Waals surface area contributed by atoms with Crippen molar-refractivity contribution in [3.05, 3.63) is 42.0 Å². The predicted octanol–water partition coefficient (Wildman–Crippen LogP) is 3.66. The number of benzene rings is 1. The fraction of sp³-hybridized carbons (Fsp3) is 0.500. The quantitative estimate of drug-likeness (QED) is 0.813. The lowest BCUT2D eigenvalue weighted by Crippen LogP contribution is -2.51. The van der Waals surface area contributed by atoms with Crippen LogP contribution in [0.4, 0.5) is 5.69 Å². The van der Waals surface area contributed by atoms with Crippen molar-refractivity contribution >= 4 is 11.9 Å². The average molecular weight is 311 g/mol. The Morgan fingerprint density at radius 3 is 2.61 bits per heavy atom. The number of hydrogen-bond acceptors (Lipinski definition) is 4. The Bertz CT molecular complexity index is 700. The van der Waals surface area contributed by atoms with Gasteiger partial charge in [0.1, 0.15) is 12.7 Å². The summed E-state index contributed by atoms with van der Waals surface area (Å²) in [5, 5.41) is 11.9. The van der Waals surface area contributed by atoms with Gasteiger partial charge in [-0.15, -0.1) is 10.2 Å². The summed E-state index contributed by atoms with van der Waals surface area (Å²) in [6.07, 6.45) is 6.18. The summed E-state index contributed by atoms with van der Waals surface area (Å²) < 4.78 is 1.60. The molecular formula is C18H25N5. The van der Waals surface area contributed by atoms with E-state index in [0.717, 1.165) is 12.0 Å². The molecular weight excluding hydrogens is 286 g/mol. The highest BCUT2D eigenvalue weighted by Gasteiger charge is 2.37. The summed E-state index contributed by atoms with van der Waals surface area (Å²) in [6.45, 7) is 11.5. The van der Waals surface area contributed by atoms with Crippen molar-refractivity contribution in [2.45, 2.75) is 58.5 Å². The van der Waals surface area contributed by atoms with Crippen molar-refractivity contribution in [2.75, 3.05) is 4.90 Å². The smallest absolute Gasteiger partial charge is 0.141 e. The highest BCUT2D eigenvalue weighted by Crippen LogP contribution is 2.44. The summed E-state index contributed by atoms with van der Waals surface area (Å²) in [7, 11) is 0. The largest absolute Gasteiger partial charge is 0.364 e. The molecule has 0 amide bonds. The molecule has 1 aromatic carbocycles. The maximum atomic E-state index is 4.35. The molecule has 5 nitrogen and oxygen atoms in total. The first-order valence-electron chi connectivity index (χ1n) is 8.21. The first-order chi connectivity index (χ1) is 10.9. The molecule has 0 unspecified atom stereocenters. The summed E-state index contributed by atoms with van der Waals surface area (Å²) in [4.78, 5) is 2.54. The van der Waals surface area contributed by atoms with Crippen LogP contribution in [0.5, 0.6) is 0 Å². The molecule has 0 fully saturated rings. The standard InChI is InChI=1S/C18H25N5/c1-13(2)23-17-7-6-15(10-21-22-11-19-20-12-22)8-16(17)14(3)9-18(23,4)5/h6-8,10-14H,9H2,1-5H3/b21-10-/t14-/m0/s1. The highest BCUT2D eigenvalue weighted by molar-refractivity contribution is 5.81. The second kappa shape index (κ2) is 5.80. The summed E-state index contributed by atoms with van der Waals surface area (Å²) >= 11 is 0. The lowest BCUT2D eigenvalue weighted by molar-refractivity contribution is 0.356. The number of aromatic nitrogens is 3. The fourth-order valence-electron chi connectivity index (χ4n) is 3.92. The van der Waals surface area contributed by atoms with E-state index in [1.807, 2.05) is 6.21 Å². The van der Waals surface area contributed by atoms with E-state index in [2.05, 4.69) is 73.0 Å². The molecule has 2 aromatic rings. The monoisotopic (exact) mass is 311 g/mol. The van der Waals surface area contributed by atoms with Gasteiger partial charge in [-0.3, -0.25) is 0 Å². The molecule has 1 aliphatic heterocycles. The second-order valence-electron chi connectivity index (χ2n) is 7.29. The Morgan fingerprint density at radius 2 is 1.96 bits per heavy atom. The maximum Gasteiger partial charge on any atom is 0.141 e. The van der Waals surface area contributed by atoms with E-state index in [1.54, 1.807) is 17.3 Å². The van der Waals surface area contributed by atoms with Crippen LogP contribution in [-0.4, -0.2) is 32.7 Å². The molecule has 0 spiro atoms. The topological polar surface area (TPSA) is 46.3 Å². The van der Waals surface area contributed by atoms with E-state index >= 15 is 0 Å². The minimum Gasteiger partial charge on any atom is -0.364 e. The van der Waals surface area contributed by atoms with Crippen LogP contribution < -0.4 is 4.90 Å². The zero-order valence-electron chi connectivity index (χ0n) is 14.6. The normalized spacial score (nSPS) is 20.3. The molecule has 0 aliphatic carbocycles. The molecule has 0 radical (unpaired) electrons. The van der Waals surface area contributed by atoms with Crippen molar-refractivity contribution in [3.63, 3.8) is 0 Å². The van der Waals surface area contributed by atoms with Crippen LogP contribution in [0.1, 0.15) is 58.1 Å². The molecule has 1 aromatic heterocycles. The van der Waals surface area contributed by atoms with Crippen molar-refractivity contribution in [1.29, 1.82) is 0 Å². The van der Waals surface area contributed by atoms with E-state index in [-0.39, 0.29) is 5.54 Å². The molecule has 1 atom stereocenters. The van der Waals surface area contributed by atoms with Crippen LogP contribution in [0.2, 0.25) is 0 Å². The predicted molar refractivity (Wildman–Crippen MR) is 94.2 cm³/mol. The average Bonchev–Trinajstić information content (AvgIpc) is 2.97. The van der Waals surface area contributed by atoms with Gasteiger partial charge in [0, 0.05) is 17.3 Å². The van der Waals surface area contributed by atoms with E-state index in [1.165, 1.54) is 11.3 Å². The third kappa shape index (κ3) is 3.00. The van der Waals surface area contributed by atoms with E-state index < -0.39 is 0 Å². The van der Waals surface area contributed by atoms with Gasteiger partial charge in [0.2, 0.25) is 0 Å². The van der Waals surface area contributed by atoms with E-state index in [4.69, 9.17) is 0 Å². The molecule has 0 saturated heterocycles. The van der Waals surface area contributed by atoms with Crippen LogP contribution in [-0.2, 0) is 0 Å². The minimum atomic E-state index is 0.179. The van der Waals surface area contributed by atoms with Gasteiger partial charge in [0.05, 0.1) is 6.21 Å². The molecule has 1 aliphatic rings. The minimum absolute atomic E-state index is 0.179. The SMILES string of the molecule is CC(C)N1c2ccc(/C=N\n3cnnc3)cc2[C@@H](C)CC1(C)C. The Hall–Kier alpha value is -2.17. The van der Waals surface area contributed by atoms with Gasteiger partial charge >= 0.3 is 0 Å². The molecule has 3 rings (SSSR count). The van der Waals surface area contributed by atoms with Crippen molar-refractivity contribution < 1.29 is 0 Å². The maximum absolute atomic E-state index is 4.35. The number of rotatable bonds is 3. The van der Waals surface area contributed by atoms with E-state index in [0.29, 0.717) is 12.0 Å². The number of nitrogens with zero attached hydrogens (tertiary/aromatic N) is 5. The van der Waals surface area contributed by atoms with Crippen LogP contribution in [0.15, 0.2) is 36.0 Å². The molecule has 23 heavy (non-hydrogen) atoms. The molecule has 0 bridgehead atoms. The molecule has 122 valence electrons. The van der Waals surface area contributed by atoms with Crippen molar-refractivity contribution in [2.24, 2.45) is 5.10 Å². The third-order valence-corrected chi connectivity index (χ3v) is 4.56. The third-order valence-electron chi connectivity index (χ3n) is 4.56. The Morgan fingerprint density at radius 1 is 1.26 bits per heavy atom. The lowest BCUT2D eigenvalue weighted by Gasteiger charge is -2.50. The van der Waals surface area contributed by atoms with Crippen LogP contribution in [0, 0.1) is 0 Å². The Kier molecular flexibility index (Phi) is 3.96. The molecule has 0 saturated carbocycles. The second-order valence-corrected chi connectivity index (χ2v) is 7.29. The van der Waals surface area contributed by atoms with Crippen LogP contribution in [0.25, 0.3) is 0 Å². The highest BCUT2D eigenvalue weighted by atomic mass is 15.4. The summed E-state index contributed by atoms with van der Waals surface area (Å²) in [5.41, 5.74) is 4.04. The Labute approximate surface area is 138 Å². The number of fused-ring (bicyclic) bond motifs is 1. The van der Waals surface area contributed by atoms with Gasteiger partial charge in [0.25, 0.3) is 0 Å². The zero-order chi connectivity index (χ0) is 16.6.